The molecule has 1 unspecified atom stereocenters. The Labute approximate surface area is 110 Å². The van der Waals surface area contributed by atoms with E-state index in [1.54, 1.807) is 7.11 Å². The van der Waals surface area contributed by atoms with Gasteiger partial charge in [0.1, 0.15) is 0 Å². The van der Waals surface area contributed by atoms with Crippen molar-refractivity contribution in [2.24, 2.45) is 5.73 Å². The van der Waals surface area contributed by atoms with Crippen LogP contribution in [0.1, 0.15) is 42.9 Å². The zero-order valence-electron chi connectivity index (χ0n) is 11.2. The van der Waals surface area contributed by atoms with Gasteiger partial charge in [0.25, 0.3) is 0 Å². The van der Waals surface area contributed by atoms with E-state index in [-0.39, 0.29) is 6.04 Å². The Morgan fingerprint density at radius 2 is 1.94 bits per heavy atom. The van der Waals surface area contributed by atoms with Crippen LogP contribution in [0.2, 0.25) is 0 Å². The SMILES string of the molecule is COCc1ccc(C(CN)NC2CCCC2)cc1. The smallest absolute Gasteiger partial charge is 0.0713 e. The molecule has 1 fully saturated rings. The van der Waals surface area contributed by atoms with Crippen LogP contribution in [0.25, 0.3) is 0 Å². The maximum atomic E-state index is 5.89. The zero-order chi connectivity index (χ0) is 12.8. The van der Waals surface area contributed by atoms with Crippen molar-refractivity contribution in [3.05, 3.63) is 35.4 Å². The van der Waals surface area contributed by atoms with Crippen molar-refractivity contribution in [1.29, 1.82) is 0 Å². The van der Waals surface area contributed by atoms with Gasteiger partial charge in [0.05, 0.1) is 6.61 Å². The largest absolute Gasteiger partial charge is 0.380 e. The lowest BCUT2D eigenvalue weighted by Gasteiger charge is -2.22. The number of ether oxygens (including phenoxy) is 1. The van der Waals surface area contributed by atoms with Crippen molar-refractivity contribution in [3.8, 4) is 0 Å². The quantitative estimate of drug-likeness (QED) is 0.812. The van der Waals surface area contributed by atoms with Crippen LogP contribution in [-0.2, 0) is 11.3 Å². The molecular weight excluding hydrogens is 224 g/mol. The number of nitrogens with one attached hydrogen (secondary N) is 1. The second kappa shape index (κ2) is 6.88. The highest BCUT2D eigenvalue weighted by Crippen LogP contribution is 2.22. The van der Waals surface area contributed by atoms with Gasteiger partial charge in [-0.1, -0.05) is 37.1 Å². The van der Waals surface area contributed by atoms with Crippen molar-refractivity contribution in [2.45, 2.75) is 44.4 Å². The molecule has 1 aromatic carbocycles. The summed E-state index contributed by atoms with van der Waals surface area (Å²) >= 11 is 0. The van der Waals surface area contributed by atoms with Gasteiger partial charge in [0, 0.05) is 25.7 Å². The van der Waals surface area contributed by atoms with Crippen LogP contribution >= 0.6 is 0 Å². The first kappa shape index (κ1) is 13.5. The van der Waals surface area contributed by atoms with E-state index in [1.165, 1.54) is 36.8 Å². The molecule has 0 heterocycles. The molecule has 0 bridgehead atoms. The van der Waals surface area contributed by atoms with E-state index < -0.39 is 0 Å². The van der Waals surface area contributed by atoms with E-state index in [2.05, 4.69) is 29.6 Å². The van der Waals surface area contributed by atoms with Crippen LogP contribution in [0, 0.1) is 0 Å². The topological polar surface area (TPSA) is 47.3 Å². The summed E-state index contributed by atoms with van der Waals surface area (Å²) in [5, 5.41) is 3.68. The molecule has 100 valence electrons. The normalized spacial score (nSPS) is 18.1. The third-order valence-electron chi connectivity index (χ3n) is 3.72. The minimum Gasteiger partial charge on any atom is -0.380 e. The first-order chi connectivity index (χ1) is 8.83. The summed E-state index contributed by atoms with van der Waals surface area (Å²) in [7, 11) is 1.72. The molecule has 0 aliphatic heterocycles. The van der Waals surface area contributed by atoms with Crippen LogP contribution in [-0.4, -0.2) is 19.7 Å². The number of rotatable bonds is 6. The Bertz CT molecular complexity index is 344. The molecule has 3 N–H and O–H groups in total. The summed E-state index contributed by atoms with van der Waals surface area (Å²) in [4.78, 5) is 0. The van der Waals surface area contributed by atoms with E-state index in [9.17, 15) is 0 Å². The summed E-state index contributed by atoms with van der Waals surface area (Å²) in [6.07, 6.45) is 5.28. The highest BCUT2D eigenvalue weighted by Gasteiger charge is 2.19. The van der Waals surface area contributed by atoms with Crippen molar-refractivity contribution < 1.29 is 4.74 Å². The monoisotopic (exact) mass is 248 g/mol. The van der Waals surface area contributed by atoms with Crippen molar-refractivity contribution in [1.82, 2.24) is 5.32 Å². The summed E-state index contributed by atoms with van der Waals surface area (Å²) < 4.78 is 5.12. The number of benzene rings is 1. The predicted molar refractivity (Wildman–Crippen MR) is 74.3 cm³/mol. The fraction of sp³-hybridized carbons (Fsp3) is 0.600. The van der Waals surface area contributed by atoms with Gasteiger partial charge in [0.2, 0.25) is 0 Å². The van der Waals surface area contributed by atoms with Crippen LogP contribution in [0.15, 0.2) is 24.3 Å². The fourth-order valence-corrected chi connectivity index (χ4v) is 2.69. The molecule has 0 radical (unpaired) electrons. The van der Waals surface area contributed by atoms with E-state index in [0.29, 0.717) is 19.2 Å². The highest BCUT2D eigenvalue weighted by molar-refractivity contribution is 5.25. The van der Waals surface area contributed by atoms with E-state index >= 15 is 0 Å². The maximum absolute atomic E-state index is 5.89. The number of hydrogen-bond donors (Lipinski definition) is 2. The minimum atomic E-state index is 0.282. The van der Waals surface area contributed by atoms with Gasteiger partial charge in [-0.2, -0.15) is 0 Å². The van der Waals surface area contributed by atoms with Gasteiger partial charge in [0.15, 0.2) is 0 Å². The molecule has 2 rings (SSSR count). The summed E-state index contributed by atoms with van der Waals surface area (Å²) in [6.45, 7) is 1.32. The van der Waals surface area contributed by atoms with Crippen LogP contribution in [0.3, 0.4) is 0 Å². The van der Waals surface area contributed by atoms with Gasteiger partial charge >= 0.3 is 0 Å². The lowest BCUT2D eigenvalue weighted by atomic mass is 10.0. The van der Waals surface area contributed by atoms with Crippen molar-refractivity contribution >= 4 is 0 Å². The number of methoxy groups -OCH3 is 1. The Kier molecular flexibility index (Phi) is 5.17. The summed E-state index contributed by atoms with van der Waals surface area (Å²) in [5.41, 5.74) is 8.38. The predicted octanol–water partition coefficient (Wildman–Crippen LogP) is 2.37. The molecule has 1 saturated carbocycles. The first-order valence-corrected chi connectivity index (χ1v) is 6.87. The molecule has 0 amide bonds. The zero-order valence-corrected chi connectivity index (χ0v) is 11.2. The molecule has 1 aliphatic carbocycles. The summed E-state index contributed by atoms with van der Waals surface area (Å²) in [5.74, 6) is 0. The lowest BCUT2D eigenvalue weighted by Crippen LogP contribution is -2.35. The van der Waals surface area contributed by atoms with Gasteiger partial charge in [-0.05, 0) is 24.0 Å². The molecule has 0 spiro atoms. The number of nitrogens with two attached hydrogens (primary N) is 1. The van der Waals surface area contributed by atoms with Crippen molar-refractivity contribution in [3.63, 3.8) is 0 Å². The highest BCUT2D eigenvalue weighted by atomic mass is 16.5. The first-order valence-electron chi connectivity index (χ1n) is 6.87. The Morgan fingerprint density at radius 3 is 2.50 bits per heavy atom. The molecule has 1 aromatic rings. The van der Waals surface area contributed by atoms with Crippen LogP contribution in [0.5, 0.6) is 0 Å². The maximum Gasteiger partial charge on any atom is 0.0713 e. The fourth-order valence-electron chi connectivity index (χ4n) is 2.69. The van der Waals surface area contributed by atoms with Gasteiger partial charge in [-0.25, -0.2) is 0 Å². The molecule has 1 aliphatic rings. The molecule has 0 aromatic heterocycles. The minimum absolute atomic E-state index is 0.282. The van der Waals surface area contributed by atoms with Crippen LogP contribution in [0.4, 0.5) is 0 Å². The second-order valence-corrected chi connectivity index (χ2v) is 5.11. The molecule has 18 heavy (non-hydrogen) atoms. The summed E-state index contributed by atoms with van der Waals surface area (Å²) in [6, 6.07) is 9.50. The second-order valence-electron chi connectivity index (χ2n) is 5.11. The van der Waals surface area contributed by atoms with Gasteiger partial charge in [-0.15, -0.1) is 0 Å². The number of hydrogen-bond acceptors (Lipinski definition) is 3. The average Bonchev–Trinajstić information content (AvgIpc) is 2.90. The molecule has 3 heteroatoms. The standard InChI is InChI=1S/C15H24N2O/c1-18-11-12-6-8-13(9-7-12)15(10-16)17-14-4-2-3-5-14/h6-9,14-15,17H,2-5,10-11,16H2,1H3. The molecule has 0 saturated heterocycles. The van der Waals surface area contributed by atoms with Gasteiger partial charge in [-0.3, -0.25) is 0 Å². The van der Waals surface area contributed by atoms with Crippen molar-refractivity contribution in [2.75, 3.05) is 13.7 Å². The Balaban J connectivity index is 1.97. The third-order valence-corrected chi connectivity index (χ3v) is 3.72. The Hall–Kier alpha value is -0.900. The van der Waals surface area contributed by atoms with E-state index in [4.69, 9.17) is 10.5 Å². The molecule has 1 atom stereocenters. The lowest BCUT2D eigenvalue weighted by molar-refractivity contribution is 0.185. The molecular formula is C15H24N2O. The average molecular weight is 248 g/mol. The van der Waals surface area contributed by atoms with E-state index in [0.717, 1.165) is 0 Å². The van der Waals surface area contributed by atoms with Gasteiger partial charge < -0.3 is 15.8 Å². The van der Waals surface area contributed by atoms with Crippen LogP contribution < -0.4 is 11.1 Å². The third kappa shape index (κ3) is 3.55. The van der Waals surface area contributed by atoms with E-state index in [1.807, 2.05) is 0 Å². The molecule has 3 nitrogen and oxygen atoms in total. The Morgan fingerprint density at radius 1 is 1.28 bits per heavy atom.